The molecule has 0 spiro atoms. The van der Waals surface area contributed by atoms with Gasteiger partial charge in [0.1, 0.15) is 5.82 Å². The molecular weight excluding hydrogens is 396 g/mol. The third kappa shape index (κ3) is 4.76. The normalized spacial score (nSPS) is 10.5. The summed E-state index contributed by atoms with van der Waals surface area (Å²) < 4.78 is 5.10. The van der Waals surface area contributed by atoms with Crippen LogP contribution in [0.15, 0.2) is 89.5 Å². The monoisotopic (exact) mass is 414 g/mol. The van der Waals surface area contributed by atoms with E-state index in [0.717, 1.165) is 5.56 Å². The molecule has 0 aliphatic heterocycles. The molecule has 1 amide bonds. The van der Waals surface area contributed by atoms with Crippen LogP contribution in [0.5, 0.6) is 0 Å². The van der Waals surface area contributed by atoms with Gasteiger partial charge in [-0.2, -0.15) is 0 Å². The first-order valence-electron chi connectivity index (χ1n) is 9.49. The van der Waals surface area contributed by atoms with Crippen molar-refractivity contribution >= 4 is 23.1 Å². The Morgan fingerprint density at radius 3 is 2.58 bits per heavy atom. The van der Waals surface area contributed by atoms with Gasteiger partial charge in [0.05, 0.1) is 11.2 Å². The first kappa shape index (κ1) is 19.8. The Morgan fingerprint density at radius 2 is 1.84 bits per heavy atom. The van der Waals surface area contributed by atoms with Crippen LogP contribution in [-0.4, -0.2) is 15.8 Å². The molecule has 2 heterocycles. The smallest absolute Gasteiger partial charge is 0.295 e. The molecule has 0 atom stereocenters. The lowest BCUT2D eigenvalue weighted by Crippen LogP contribution is -2.11. The van der Waals surface area contributed by atoms with Crippen molar-refractivity contribution in [1.29, 1.82) is 0 Å². The number of anilines is 2. The third-order valence-electron chi connectivity index (χ3n) is 4.52. The van der Waals surface area contributed by atoms with Crippen LogP contribution in [0.4, 0.5) is 17.2 Å². The number of rotatable bonds is 7. The Kier molecular flexibility index (Phi) is 5.70. The summed E-state index contributed by atoms with van der Waals surface area (Å²) in [6.07, 6.45) is 1.44. The fraction of sp³-hybridized carbons (Fsp3) is 0.0435. The fourth-order valence-corrected chi connectivity index (χ4v) is 3.06. The maximum Gasteiger partial charge on any atom is 0.295 e. The third-order valence-corrected chi connectivity index (χ3v) is 4.52. The molecular formula is C23H18N4O4. The molecule has 0 saturated heterocycles. The zero-order chi connectivity index (χ0) is 21.6. The molecule has 4 rings (SSSR count). The van der Waals surface area contributed by atoms with Gasteiger partial charge in [-0.05, 0) is 35.9 Å². The Balaban J connectivity index is 1.49. The highest BCUT2D eigenvalue weighted by molar-refractivity contribution is 6.02. The average Bonchev–Trinajstić information content (AvgIpc) is 3.33. The number of furan rings is 1. The second-order valence-corrected chi connectivity index (χ2v) is 6.67. The number of pyridine rings is 1. The Hall–Kier alpha value is -4.46. The van der Waals surface area contributed by atoms with E-state index in [1.54, 1.807) is 36.4 Å². The summed E-state index contributed by atoms with van der Waals surface area (Å²) in [5.41, 5.74) is 2.44. The van der Waals surface area contributed by atoms with Gasteiger partial charge in [-0.3, -0.25) is 14.9 Å². The van der Waals surface area contributed by atoms with Crippen LogP contribution in [0, 0.1) is 10.1 Å². The molecule has 31 heavy (non-hydrogen) atoms. The molecule has 4 aromatic rings. The summed E-state index contributed by atoms with van der Waals surface area (Å²) in [6.45, 7) is 0.420. The number of carbonyl (C=O) groups excluding carboxylic acids is 1. The van der Waals surface area contributed by atoms with E-state index >= 15 is 0 Å². The van der Waals surface area contributed by atoms with E-state index in [1.165, 1.54) is 12.3 Å². The van der Waals surface area contributed by atoms with Gasteiger partial charge < -0.3 is 15.1 Å². The minimum Gasteiger partial charge on any atom is -0.459 e. The van der Waals surface area contributed by atoms with Gasteiger partial charge in [-0.15, -0.1) is 0 Å². The predicted molar refractivity (Wildman–Crippen MR) is 117 cm³/mol. The Morgan fingerprint density at radius 1 is 1.00 bits per heavy atom. The number of hydrogen-bond acceptors (Lipinski definition) is 6. The highest BCUT2D eigenvalue weighted by Crippen LogP contribution is 2.29. The van der Waals surface area contributed by atoms with E-state index in [4.69, 9.17) is 4.42 Å². The zero-order valence-corrected chi connectivity index (χ0v) is 16.3. The predicted octanol–water partition coefficient (Wildman–Crippen LogP) is 5.11. The van der Waals surface area contributed by atoms with Crippen LogP contribution in [0.3, 0.4) is 0 Å². The quantitative estimate of drug-likeness (QED) is 0.321. The molecule has 2 aromatic carbocycles. The van der Waals surface area contributed by atoms with Gasteiger partial charge in [-0.1, -0.05) is 42.5 Å². The van der Waals surface area contributed by atoms with Crippen molar-refractivity contribution in [2.75, 3.05) is 10.6 Å². The SMILES string of the molecule is O=C(Nc1cccc(CNc2ccc([N+](=O)[O-])c(-c3ccccc3)n2)c1)c1ccco1. The molecule has 2 N–H and O–H groups in total. The first-order valence-corrected chi connectivity index (χ1v) is 9.49. The van der Waals surface area contributed by atoms with Crippen molar-refractivity contribution in [3.63, 3.8) is 0 Å². The fourth-order valence-electron chi connectivity index (χ4n) is 3.06. The van der Waals surface area contributed by atoms with Crippen molar-refractivity contribution in [3.05, 3.63) is 107 Å². The number of carbonyl (C=O) groups is 1. The van der Waals surface area contributed by atoms with Crippen LogP contribution in [0.25, 0.3) is 11.3 Å². The summed E-state index contributed by atoms with van der Waals surface area (Å²) in [5.74, 6) is 0.404. The number of aromatic nitrogens is 1. The average molecular weight is 414 g/mol. The van der Waals surface area contributed by atoms with Gasteiger partial charge in [0.2, 0.25) is 0 Å². The number of nitro groups is 1. The number of benzene rings is 2. The van der Waals surface area contributed by atoms with Crippen LogP contribution in [0.1, 0.15) is 16.1 Å². The second-order valence-electron chi connectivity index (χ2n) is 6.67. The largest absolute Gasteiger partial charge is 0.459 e. The summed E-state index contributed by atoms with van der Waals surface area (Å²) >= 11 is 0. The Bertz CT molecular complexity index is 1210. The van der Waals surface area contributed by atoms with Crippen molar-refractivity contribution in [2.45, 2.75) is 6.54 Å². The minimum absolute atomic E-state index is 0.0561. The van der Waals surface area contributed by atoms with E-state index in [0.29, 0.717) is 29.3 Å². The van der Waals surface area contributed by atoms with E-state index < -0.39 is 4.92 Å². The lowest BCUT2D eigenvalue weighted by atomic mass is 10.1. The van der Waals surface area contributed by atoms with E-state index in [9.17, 15) is 14.9 Å². The van der Waals surface area contributed by atoms with Gasteiger partial charge in [0.25, 0.3) is 11.6 Å². The lowest BCUT2D eigenvalue weighted by molar-refractivity contribution is -0.384. The van der Waals surface area contributed by atoms with Crippen molar-refractivity contribution in [1.82, 2.24) is 4.98 Å². The van der Waals surface area contributed by atoms with Crippen molar-refractivity contribution in [3.8, 4) is 11.3 Å². The highest BCUT2D eigenvalue weighted by atomic mass is 16.6. The highest BCUT2D eigenvalue weighted by Gasteiger charge is 2.17. The van der Waals surface area contributed by atoms with Gasteiger partial charge in [-0.25, -0.2) is 4.98 Å². The number of nitrogens with zero attached hydrogens (tertiary/aromatic N) is 2. The maximum absolute atomic E-state index is 12.1. The Labute approximate surface area is 177 Å². The first-order chi connectivity index (χ1) is 15.1. The molecule has 0 fully saturated rings. The molecule has 8 nitrogen and oxygen atoms in total. The van der Waals surface area contributed by atoms with E-state index in [1.807, 2.05) is 36.4 Å². The molecule has 0 radical (unpaired) electrons. The summed E-state index contributed by atoms with van der Waals surface area (Å²) in [6, 6.07) is 22.6. The van der Waals surface area contributed by atoms with Gasteiger partial charge >= 0.3 is 0 Å². The summed E-state index contributed by atoms with van der Waals surface area (Å²) in [5, 5.41) is 17.4. The number of nitrogens with one attached hydrogen (secondary N) is 2. The van der Waals surface area contributed by atoms with Crippen molar-refractivity contribution in [2.24, 2.45) is 0 Å². The topological polar surface area (TPSA) is 110 Å². The van der Waals surface area contributed by atoms with Gasteiger partial charge in [0, 0.05) is 23.9 Å². The van der Waals surface area contributed by atoms with E-state index in [2.05, 4.69) is 15.6 Å². The van der Waals surface area contributed by atoms with Crippen LogP contribution in [-0.2, 0) is 6.54 Å². The minimum atomic E-state index is -0.440. The van der Waals surface area contributed by atoms with Crippen LogP contribution < -0.4 is 10.6 Å². The molecule has 2 aromatic heterocycles. The standard InChI is InChI=1S/C23H18N4O4/c28-23(20-10-5-13-31-20)25-18-9-4-6-16(14-18)15-24-21-12-11-19(27(29)30)22(26-21)17-7-2-1-3-8-17/h1-14H,15H2,(H,24,26)(H,25,28). The van der Waals surface area contributed by atoms with Crippen LogP contribution >= 0.6 is 0 Å². The maximum atomic E-state index is 12.1. The molecule has 154 valence electrons. The molecule has 8 heteroatoms. The summed E-state index contributed by atoms with van der Waals surface area (Å²) in [7, 11) is 0. The lowest BCUT2D eigenvalue weighted by Gasteiger charge is -2.10. The molecule has 0 bridgehead atoms. The molecule has 0 aliphatic rings. The second kappa shape index (κ2) is 8.91. The van der Waals surface area contributed by atoms with Crippen LogP contribution in [0.2, 0.25) is 0 Å². The number of hydrogen-bond donors (Lipinski definition) is 2. The van der Waals surface area contributed by atoms with Crippen molar-refractivity contribution < 1.29 is 14.1 Å². The number of amides is 1. The molecule has 0 unspecified atom stereocenters. The molecule has 0 saturated carbocycles. The van der Waals surface area contributed by atoms with Gasteiger partial charge in [0.15, 0.2) is 11.5 Å². The zero-order valence-electron chi connectivity index (χ0n) is 16.3. The molecule has 0 aliphatic carbocycles. The summed E-state index contributed by atoms with van der Waals surface area (Å²) in [4.78, 5) is 27.5. The van der Waals surface area contributed by atoms with E-state index in [-0.39, 0.29) is 17.4 Å².